The van der Waals surface area contributed by atoms with E-state index in [0.717, 1.165) is 19.5 Å². The summed E-state index contributed by atoms with van der Waals surface area (Å²) in [6, 6.07) is 9.35. The predicted octanol–water partition coefficient (Wildman–Crippen LogP) is 2.00. The summed E-state index contributed by atoms with van der Waals surface area (Å²) in [6.07, 6.45) is 4.79. The fourth-order valence-electron chi connectivity index (χ4n) is 2.31. The number of hydrogen-bond acceptors (Lipinski definition) is 2. The summed E-state index contributed by atoms with van der Waals surface area (Å²) in [7, 11) is 0. The van der Waals surface area contributed by atoms with Crippen LogP contribution < -0.4 is 11.1 Å². The van der Waals surface area contributed by atoms with E-state index < -0.39 is 0 Å². The molecule has 0 fully saturated rings. The molecule has 1 aromatic carbocycles. The fourth-order valence-corrected chi connectivity index (χ4v) is 2.31. The SMILES string of the molecule is NCCCCNC1CCc2ccccc21. The minimum atomic E-state index is 0.582. The van der Waals surface area contributed by atoms with Crippen LogP contribution in [-0.2, 0) is 6.42 Å². The van der Waals surface area contributed by atoms with Crippen LogP contribution in [0.4, 0.5) is 0 Å². The molecule has 2 heteroatoms. The van der Waals surface area contributed by atoms with E-state index in [9.17, 15) is 0 Å². The van der Waals surface area contributed by atoms with E-state index in [1.165, 1.54) is 30.4 Å². The van der Waals surface area contributed by atoms with Crippen LogP contribution >= 0.6 is 0 Å². The molecule has 1 aliphatic carbocycles. The minimum Gasteiger partial charge on any atom is -0.330 e. The number of benzene rings is 1. The molecule has 2 nitrogen and oxygen atoms in total. The highest BCUT2D eigenvalue weighted by Crippen LogP contribution is 2.30. The molecule has 1 aromatic rings. The zero-order chi connectivity index (χ0) is 10.5. The zero-order valence-electron chi connectivity index (χ0n) is 9.21. The lowest BCUT2D eigenvalue weighted by atomic mass is 10.1. The maximum atomic E-state index is 5.47. The van der Waals surface area contributed by atoms with Crippen LogP contribution in [0, 0.1) is 0 Å². The Morgan fingerprint density at radius 2 is 2.13 bits per heavy atom. The van der Waals surface area contributed by atoms with Crippen LogP contribution in [0.2, 0.25) is 0 Å². The fraction of sp³-hybridized carbons (Fsp3) is 0.538. The van der Waals surface area contributed by atoms with E-state index in [0.29, 0.717) is 6.04 Å². The van der Waals surface area contributed by atoms with Gasteiger partial charge >= 0.3 is 0 Å². The summed E-state index contributed by atoms with van der Waals surface area (Å²) in [6.45, 7) is 1.90. The Morgan fingerprint density at radius 3 is 3.00 bits per heavy atom. The van der Waals surface area contributed by atoms with Crippen molar-refractivity contribution in [3.05, 3.63) is 35.4 Å². The normalized spacial score (nSPS) is 19.1. The second-order valence-corrected chi connectivity index (χ2v) is 4.24. The molecule has 15 heavy (non-hydrogen) atoms. The Bertz CT molecular complexity index is 309. The number of aryl methyl sites for hydroxylation is 1. The maximum Gasteiger partial charge on any atom is 0.0326 e. The Kier molecular flexibility index (Phi) is 3.75. The van der Waals surface area contributed by atoms with Crippen molar-refractivity contribution >= 4 is 0 Å². The smallest absolute Gasteiger partial charge is 0.0326 e. The summed E-state index contributed by atoms with van der Waals surface area (Å²) < 4.78 is 0. The highest BCUT2D eigenvalue weighted by molar-refractivity contribution is 5.34. The van der Waals surface area contributed by atoms with Gasteiger partial charge in [0.05, 0.1) is 0 Å². The van der Waals surface area contributed by atoms with E-state index >= 15 is 0 Å². The van der Waals surface area contributed by atoms with E-state index in [2.05, 4.69) is 29.6 Å². The van der Waals surface area contributed by atoms with Crippen molar-refractivity contribution in [2.24, 2.45) is 5.73 Å². The number of unbranched alkanes of at least 4 members (excludes halogenated alkanes) is 1. The van der Waals surface area contributed by atoms with Crippen molar-refractivity contribution in [3.63, 3.8) is 0 Å². The number of fused-ring (bicyclic) bond motifs is 1. The molecule has 0 bridgehead atoms. The Balaban J connectivity index is 1.85. The number of hydrogen-bond donors (Lipinski definition) is 2. The van der Waals surface area contributed by atoms with Gasteiger partial charge in [0, 0.05) is 6.04 Å². The molecule has 0 heterocycles. The van der Waals surface area contributed by atoms with Gasteiger partial charge in [-0.25, -0.2) is 0 Å². The third-order valence-electron chi connectivity index (χ3n) is 3.15. The van der Waals surface area contributed by atoms with Crippen molar-refractivity contribution < 1.29 is 0 Å². The molecular formula is C13H20N2. The van der Waals surface area contributed by atoms with Gasteiger partial charge in [0.25, 0.3) is 0 Å². The second kappa shape index (κ2) is 5.29. The molecule has 0 spiro atoms. The first kappa shape index (κ1) is 10.7. The Hall–Kier alpha value is -0.860. The van der Waals surface area contributed by atoms with E-state index in [1.54, 1.807) is 0 Å². The lowest BCUT2D eigenvalue weighted by molar-refractivity contribution is 0.514. The molecule has 0 aliphatic heterocycles. The zero-order valence-corrected chi connectivity index (χ0v) is 9.21. The molecule has 0 amide bonds. The second-order valence-electron chi connectivity index (χ2n) is 4.24. The summed E-state index contributed by atoms with van der Waals surface area (Å²) >= 11 is 0. The van der Waals surface area contributed by atoms with Crippen LogP contribution in [-0.4, -0.2) is 13.1 Å². The first-order chi connectivity index (χ1) is 7.42. The number of nitrogens with two attached hydrogens (primary N) is 1. The average Bonchev–Trinajstić information content (AvgIpc) is 2.68. The van der Waals surface area contributed by atoms with Crippen LogP contribution in [0.25, 0.3) is 0 Å². The Morgan fingerprint density at radius 1 is 1.27 bits per heavy atom. The maximum absolute atomic E-state index is 5.47. The summed E-state index contributed by atoms with van der Waals surface area (Å²) in [5.74, 6) is 0. The average molecular weight is 204 g/mol. The van der Waals surface area contributed by atoms with Crippen LogP contribution in [0.15, 0.2) is 24.3 Å². The van der Waals surface area contributed by atoms with Gasteiger partial charge in [-0.15, -0.1) is 0 Å². The molecule has 0 aromatic heterocycles. The van der Waals surface area contributed by atoms with E-state index in [1.807, 2.05) is 0 Å². The molecule has 2 rings (SSSR count). The van der Waals surface area contributed by atoms with Crippen LogP contribution in [0.3, 0.4) is 0 Å². The van der Waals surface area contributed by atoms with Crippen molar-refractivity contribution in [1.82, 2.24) is 5.32 Å². The third kappa shape index (κ3) is 2.58. The molecular weight excluding hydrogens is 184 g/mol. The van der Waals surface area contributed by atoms with Gasteiger partial charge in [-0.1, -0.05) is 24.3 Å². The van der Waals surface area contributed by atoms with Crippen molar-refractivity contribution in [3.8, 4) is 0 Å². The molecule has 0 saturated carbocycles. The van der Waals surface area contributed by atoms with Gasteiger partial charge in [-0.05, 0) is 49.9 Å². The monoisotopic (exact) mass is 204 g/mol. The summed E-state index contributed by atoms with van der Waals surface area (Å²) in [5.41, 5.74) is 8.50. The van der Waals surface area contributed by atoms with Gasteiger partial charge in [0.2, 0.25) is 0 Å². The lowest BCUT2D eigenvalue weighted by Gasteiger charge is -2.13. The van der Waals surface area contributed by atoms with Crippen LogP contribution in [0.1, 0.15) is 36.4 Å². The molecule has 82 valence electrons. The first-order valence-corrected chi connectivity index (χ1v) is 5.93. The largest absolute Gasteiger partial charge is 0.330 e. The van der Waals surface area contributed by atoms with E-state index in [-0.39, 0.29) is 0 Å². The number of rotatable bonds is 5. The van der Waals surface area contributed by atoms with Gasteiger partial charge in [0.15, 0.2) is 0 Å². The molecule has 0 radical (unpaired) electrons. The van der Waals surface area contributed by atoms with Gasteiger partial charge in [0.1, 0.15) is 0 Å². The first-order valence-electron chi connectivity index (χ1n) is 5.93. The third-order valence-corrected chi connectivity index (χ3v) is 3.15. The quantitative estimate of drug-likeness (QED) is 0.720. The van der Waals surface area contributed by atoms with Gasteiger partial charge in [-0.3, -0.25) is 0 Å². The van der Waals surface area contributed by atoms with Crippen molar-refractivity contribution in [2.75, 3.05) is 13.1 Å². The van der Waals surface area contributed by atoms with E-state index in [4.69, 9.17) is 5.73 Å². The summed E-state index contributed by atoms with van der Waals surface area (Å²) in [4.78, 5) is 0. The molecule has 0 saturated heterocycles. The highest BCUT2D eigenvalue weighted by Gasteiger charge is 2.20. The Labute approximate surface area is 91.9 Å². The summed E-state index contributed by atoms with van der Waals surface area (Å²) in [5, 5.41) is 3.62. The minimum absolute atomic E-state index is 0.582. The molecule has 1 aliphatic rings. The molecule has 1 unspecified atom stereocenters. The highest BCUT2D eigenvalue weighted by atomic mass is 14.9. The van der Waals surface area contributed by atoms with Gasteiger partial charge < -0.3 is 11.1 Å². The number of nitrogens with one attached hydrogen (secondary N) is 1. The molecule has 1 atom stereocenters. The van der Waals surface area contributed by atoms with Crippen LogP contribution in [0.5, 0.6) is 0 Å². The standard InChI is InChI=1S/C13H20N2/c14-9-3-4-10-15-13-8-7-11-5-1-2-6-12(11)13/h1-2,5-6,13,15H,3-4,7-10,14H2. The van der Waals surface area contributed by atoms with Crippen molar-refractivity contribution in [1.29, 1.82) is 0 Å². The lowest BCUT2D eigenvalue weighted by Crippen LogP contribution is -2.21. The topological polar surface area (TPSA) is 38.0 Å². The predicted molar refractivity (Wildman–Crippen MR) is 63.8 cm³/mol. The molecule has 3 N–H and O–H groups in total. The van der Waals surface area contributed by atoms with Gasteiger partial charge in [-0.2, -0.15) is 0 Å². The van der Waals surface area contributed by atoms with Crippen molar-refractivity contribution in [2.45, 2.75) is 31.7 Å².